The largest absolute Gasteiger partial charge is 0.352 e. The van der Waals surface area contributed by atoms with E-state index in [2.05, 4.69) is 10.3 Å². The molecule has 128 valence electrons. The van der Waals surface area contributed by atoms with E-state index in [0.717, 1.165) is 15.4 Å². The number of benzene rings is 2. The maximum Gasteiger partial charge on any atom is 0.225 e. The number of hydrogen-bond donors (Lipinski definition) is 1. The molecule has 0 fully saturated rings. The predicted octanol–water partition coefficient (Wildman–Crippen LogP) is 4.26. The topological polar surface area (TPSA) is 42.0 Å². The van der Waals surface area contributed by atoms with E-state index in [9.17, 15) is 13.6 Å². The molecule has 3 nitrogen and oxygen atoms in total. The quantitative estimate of drug-likeness (QED) is 0.741. The van der Waals surface area contributed by atoms with Gasteiger partial charge in [0, 0.05) is 22.5 Å². The lowest BCUT2D eigenvalue weighted by Gasteiger charge is -2.06. The Bertz CT molecular complexity index is 891. The average Bonchev–Trinajstić information content (AvgIpc) is 2.95. The average molecular weight is 358 g/mol. The lowest BCUT2D eigenvalue weighted by molar-refractivity contribution is -0.120. The van der Waals surface area contributed by atoms with Gasteiger partial charge in [0.15, 0.2) is 0 Å². The van der Waals surface area contributed by atoms with Crippen LogP contribution >= 0.6 is 11.3 Å². The fourth-order valence-electron chi connectivity index (χ4n) is 2.47. The van der Waals surface area contributed by atoms with Crippen LogP contribution in [0.4, 0.5) is 8.78 Å². The molecule has 1 heterocycles. The summed E-state index contributed by atoms with van der Waals surface area (Å²) in [6, 6.07) is 12.4. The molecule has 1 N–H and O–H groups in total. The molecule has 3 rings (SSSR count). The van der Waals surface area contributed by atoms with E-state index in [1.807, 2.05) is 6.92 Å². The second kappa shape index (κ2) is 7.53. The highest BCUT2D eigenvalue weighted by molar-refractivity contribution is 7.12. The first-order valence-corrected chi connectivity index (χ1v) is 8.57. The smallest absolute Gasteiger partial charge is 0.225 e. The Balaban J connectivity index is 1.71. The summed E-state index contributed by atoms with van der Waals surface area (Å²) in [5.41, 5.74) is 1.89. The highest BCUT2D eigenvalue weighted by Gasteiger charge is 2.15. The van der Waals surface area contributed by atoms with Crippen LogP contribution in [-0.2, 0) is 17.8 Å². The molecule has 0 aliphatic carbocycles. The van der Waals surface area contributed by atoms with Crippen LogP contribution in [0.1, 0.15) is 15.4 Å². The number of rotatable bonds is 5. The van der Waals surface area contributed by atoms with E-state index in [1.54, 1.807) is 30.3 Å². The van der Waals surface area contributed by atoms with Crippen molar-refractivity contribution in [2.75, 3.05) is 0 Å². The summed E-state index contributed by atoms with van der Waals surface area (Å²) < 4.78 is 26.7. The Labute approximate surface area is 148 Å². The number of hydrogen-bond acceptors (Lipinski definition) is 3. The van der Waals surface area contributed by atoms with Gasteiger partial charge in [0.25, 0.3) is 0 Å². The van der Waals surface area contributed by atoms with Gasteiger partial charge in [-0.2, -0.15) is 0 Å². The first-order valence-electron chi connectivity index (χ1n) is 7.75. The molecule has 0 atom stereocenters. The number of aryl methyl sites for hydroxylation is 1. The molecule has 0 aliphatic rings. The zero-order valence-corrected chi connectivity index (χ0v) is 14.4. The second-order valence-electron chi connectivity index (χ2n) is 5.56. The fourth-order valence-corrected chi connectivity index (χ4v) is 3.42. The van der Waals surface area contributed by atoms with Crippen LogP contribution in [-0.4, -0.2) is 10.9 Å². The maximum absolute atomic E-state index is 13.6. The molecule has 2 aromatic carbocycles. The van der Waals surface area contributed by atoms with Gasteiger partial charge in [0.1, 0.15) is 11.6 Å². The number of amides is 1. The van der Waals surface area contributed by atoms with Crippen LogP contribution < -0.4 is 5.32 Å². The molecule has 0 unspecified atom stereocenters. The molecular formula is C19H16F2N2OS. The van der Waals surface area contributed by atoms with Gasteiger partial charge in [-0.05, 0) is 37.3 Å². The van der Waals surface area contributed by atoms with Gasteiger partial charge >= 0.3 is 0 Å². The lowest BCUT2D eigenvalue weighted by atomic mass is 10.1. The van der Waals surface area contributed by atoms with E-state index < -0.39 is 0 Å². The molecular weight excluding hydrogens is 342 g/mol. The van der Waals surface area contributed by atoms with Crippen molar-refractivity contribution in [3.63, 3.8) is 0 Å². The maximum atomic E-state index is 13.6. The summed E-state index contributed by atoms with van der Waals surface area (Å²) in [7, 11) is 0. The van der Waals surface area contributed by atoms with Crippen LogP contribution in [0, 0.1) is 18.6 Å². The fraction of sp³-hybridized carbons (Fsp3) is 0.158. The third-order valence-corrected chi connectivity index (χ3v) is 4.65. The van der Waals surface area contributed by atoms with Crippen LogP contribution in [0.25, 0.3) is 11.3 Å². The van der Waals surface area contributed by atoms with Gasteiger partial charge in [-0.15, -0.1) is 11.3 Å². The number of nitrogens with zero attached hydrogens (tertiary/aromatic N) is 1. The summed E-state index contributed by atoms with van der Waals surface area (Å²) in [5, 5.41) is 3.56. The standard InChI is InChI=1S/C19H16F2N2OS/c1-12-23-19(13-6-8-15(20)9-7-13)17(25-12)10-18(24)22-11-14-4-2-3-5-16(14)21/h2-9H,10-11H2,1H3,(H,22,24). The summed E-state index contributed by atoms with van der Waals surface area (Å²) in [6.07, 6.45) is 0.146. The highest BCUT2D eigenvalue weighted by atomic mass is 32.1. The molecule has 0 radical (unpaired) electrons. The van der Waals surface area contributed by atoms with E-state index in [-0.39, 0.29) is 30.5 Å². The van der Waals surface area contributed by atoms with Gasteiger partial charge < -0.3 is 5.32 Å². The Kier molecular flexibility index (Phi) is 5.19. The molecule has 1 amide bonds. The molecule has 0 aliphatic heterocycles. The molecule has 0 bridgehead atoms. The van der Waals surface area contributed by atoms with Gasteiger partial charge in [-0.25, -0.2) is 13.8 Å². The van der Waals surface area contributed by atoms with E-state index in [4.69, 9.17) is 0 Å². The lowest BCUT2D eigenvalue weighted by Crippen LogP contribution is -2.24. The molecule has 25 heavy (non-hydrogen) atoms. The first kappa shape index (κ1) is 17.2. The van der Waals surface area contributed by atoms with Gasteiger partial charge in [-0.3, -0.25) is 4.79 Å². The minimum atomic E-state index is -0.344. The number of carbonyl (C=O) groups excluding carboxylic acids is 1. The van der Waals surface area contributed by atoms with Gasteiger partial charge in [-0.1, -0.05) is 18.2 Å². The normalized spacial score (nSPS) is 10.7. The van der Waals surface area contributed by atoms with Crippen molar-refractivity contribution in [3.8, 4) is 11.3 Å². The number of nitrogens with one attached hydrogen (secondary N) is 1. The summed E-state index contributed by atoms with van der Waals surface area (Å²) in [6.45, 7) is 1.99. The molecule has 0 saturated heterocycles. The minimum absolute atomic E-state index is 0.134. The van der Waals surface area contributed by atoms with E-state index in [1.165, 1.54) is 29.5 Å². The number of thiazole rings is 1. The van der Waals surface area contributed by atoms with Crippen LogP contribution in [0.2, 0.25) is 0 Å². The van der Waals surface area contributed by atoms with Crippen molar-refractivity contribution >= 4 is 17.2 Å². The van der Waals surface area contributed by atoms with Gasteiger partial charge in [0.05, 0.1) is 17.1 Å². The Morgan fingerprint density at radius 1 is 1.12 bits per heavy atom. The SMILES string of the molecule is Cc1nc(-c2ccc(F)cc2)c(CC(=O)NCc2ccccc2F)s1. The predicted molar refractivity (Wildman–Crippen MR) is 94.2 cm³/mol. The zero-order valence-electron chi connectivity index (χ0n) is 13.6. The third-order valence-electron chi connectivity index (χ3n) is 3.68. The van der Waals surface area contributed by atoms with Crippen molar-refractivity contribution in [1.82, 2.24) is 10.3 Å². The Hall–Kier alpha value is -2.60. The molecule has 0 saturated carbocycles. The molecule has 3 aromatic rings. The van der Waals surface area contributed by atoms with Crippen LogP contribution in [0.5, 0.6) is 0 Å². The van der Waals surface area contributed by atoms with Gasteiger partial charge in [0.2, 0.25) is 5.91 Å². The number of aromatic nitrogens is 1. The van der Waals surface area contributed by atoms with Crippen LogP contribution in [0.3, 0.4) is 0 Å². The Morgan fingerprint density at radius 2 is 1.84 bits per heavy atom. The number of carbonyl (C=O) groups is 1. The molecule has 0 spiro atoms. The number of halogens is 2. The summed E-state index contributed by atoms with van der Waals surface area (Å²) >= 11 is 1.43. The highest BCUT2D eigenvalue weighted by Crippen LogP contribution is 2.28. The zero-order chi connectivity index (χ0) is 17.8. The van der Waals surface area contributed by atoms with E-state index in [0.29, 0.717) is 11.3 Å². The first-order chi connectivity index (χ1) is 12.0. The van der Waals surface area contributed by atoms with Crippen molar-refractivity contribution in [3.05, 3.63) is 75.6 Å². The van der Waals surface area contributed by atoms with Crippen molar-refractivity contribution < 1.29 is 13.6 Å². The minimum Gasteiger partial charge on any atom is -0.352 e. The van der Waals surface area contributed by atoms with Crippen molar-refractivity contribution in [2.24, 2.45) is 0 Å². The third kappa shape index (κ3) is 4.28. The van der Waals surface area contributed by atoms with Crippen LogP contribution in [0.15, 0.2) is 48.5 Å². The van der Waals surface area contributed by atoms with Crippen molar-refractivity contribution in [2.45, 2.75) is 19.9 Å². The second-order valence-corrected chi connectivity index (χ2v) is 6.84. The molecule has 6 heteroatoms. The van der Waals surface area contributed by atoms with Crippen molar-refractivity contribution in [1.29, 1.82) is 0 Å². The Morgan fingerprint density at radius 3 is 2.56 bits per heavy atom. The van der Waals surface area contributed by atoms with E-state index >= 15 is 0 Å². The summed E-state index contributed by atoms with van der Waals surface area (Å²) in [5.74, 6) is -0.876. The monoisotopic (exact) mass is 358 g/mol. The summed E-state index contributed by atoms with van der Waals surface area (Å²) in [4.78, 5) is 17.5. The molecule has 1 aromatic heterocycles.